The lowest BCUT2D eigenvalue weighted by molar-refractivity contribution is -0.149. The van der Waals surface area contributed by atoms with Crippen molar-refractivity contribution in [2.45, 2.75) is 37.3 Å². The number of nitrogens with zero attached hydrogens (tertiary/aromatic N) is 1. The molecule has 1 aliphatic heterocycles. The second-order valence-corrected chi connectivity index (χ2v) is 4.15. The zero-order valence-corrected chi connectivity index (χ0v) is 7.90. The lowest BCUT2D eigenvalue weighted by Gasteiger charge is -2.24. The maximum absolute atomic E-state index is 11.8. The molecule has 5 nitrogen and oxygen atoms in total. The first-order valence-corrected chi connectivity index (χ1v) is 4.87. The molecule has 1 atom stereocenters. The molecule has 2 rings (SSSR count). The highest BCUT2D eigenvalue weighted by atomic mass is 16.4. The van der Waals surface area contributed by atoms with Gasteiger partial charge in [-0.3, -0.25) is 4.79 Å². The second kappa shape index (κ2) is 2.95. The topological polar surface area (TPSA) is 83.6 Å². The van der Waals surface area contributed by atoms with E-state index in [9.17, 15) is 9.59 Å². The highest BCUT2D eigenvalue weighted by Crippen LogP contribution is 2.36. The number of likely N-dealkylation sites (tertiary alicyclic amines) is 1. The Kier molecular flexibility index (Phi) is 1.99. The van der Waals surface area contributed by atoms with Gasteiger partial charge in [0, 0.05) is 6.54 Å². The molecule has 5 heteroatoms. The van der Waals surface area contributed by atoms with E-state index in [2.05, 4.69) is 0 Å². The molecule has 2 fully saturated rings. The summed E-state index contributed by atoms with van der Waals surface area (Å²) >= 11 is 0. The van der Waals surface area contributed by atoms with Gasteiger partial charge in [-0.1, -0.05) is 0 Å². The van der Waals surface area contributed by atoms with Crippen molar-refractivity contribution < 1.29 is 14.7 Å². The molecule has 0 aromatic heterocycles. The standard InChI is InChI=1S/C9H14N2O3/c10-9(3-4-9)8(14)11-5-1-2-6(11)7(12)13/h6H,1-5,10H2,(H,12,13)/t6-/m0/s1. The molecular weight excluding hydrogens is 184 g/mol. The van der Waals surface area contributed by atoms with Crippen molar-refractivity contribution >= 4 is 11.9 Å². The average Bonchev–Trinajstić information content (AvgIpc) is 2.69. The van der Waals surface area contributed by atoms with E-state index in [4.69, 9.17) is 10.8 Å². The Hall–Kier alpha value is -1.10. The minimum absolute atomic E-state index is 0.178. The summed E-state index contributed by atoms with van der Waals surface area (Å²) in [4.78, 5) is 24.0. The van der Waals surface area contributed by atoms with Crippen LogP contribution in [0.3, 0.4) is 0 Å². The van der Waals surface area contributed by atoms with Crippen LogP contribution in [-0.2, 0) is 9.59 Å². The maximum Gasteiger partial charge on any atom is 0.326 e. The van der Waals surface area contributed by atoms with E-state index in [1.807, 2.05) is 0 Å². The van der Waals surface area contributed by atoms with Gasteiger partial charge in [0.2, 0.25) is 5.91 Å². The fourth-order valence-electron chi connectivity index (χ4n) is 1.90. The van der Waals surface area contributed by atoms with Crippen LogP contribution in [0.1, 0.15) is 25.7 Å². The minimum Gasteiger partial charge on any atom is -0.480 e. The molecule has 0 aromatic rings. The van der Waals surface area contributed by atoms with Gasteiger partial charge in [-0.25, -0.2) is 4.79 Å². The van der Waals surface area contributed by atoms with Crippen molar-refractivity contribution in [3.63, 3.8) is 0 Å². The molecule has 1 saturated carbocycles. The van der Waals surface area contributed by atoms with Gasteiger partial charge in [0.25, 0.3) is 0 Å². The fraction of sp³-hybridized carbons (Fsp3) is 0.778. The summed E-state index contributed by atoms with van der Waals surface area (Å²) in [6.07, 6.45) is 2.69. The smallest absolute Gasteiger partial charge is 0.326 e. The van der Waals surface area contributed by atoms with Gasteiger partial charge in [-0.05, 0) is 25.7 Å². The van der Waals surface area contributed by atoms with Crippen molar-refractivity contribution in [3.05, 3.63) is 0 Å². The summed E-state index contributed by atoms with van der Waals surface area (Å²) in [7, 11) is 0. The second-order valence-electron chi connectivity index (χ2n) is 4.15. The monoisotopic (exact) mass is 198 g/mol. The van der Waals surface area contributed by atoms with E-state index in [0.717, 1.165) is 6.42 Å². The summed E-state index contributed by atoms with van der Waals surface area (Å²) in [5.74, 6) is -1.09. The largest absolute Gasteiger partial charge is 0.480 e. The zero-order chi connectivity index (χ0) is 10.3. The van der Waals surface area contributed by atoms with E-state index >= 15 is 0 Å². The van der Waals surface area contributed by atoms with Crippen LogP contribution >= 0.6 is 0 Å². The first kappa shape index (κ1) is 9.45. The van der Waals surface area contributed by atoms with Gasteiger partial charge in [0.05, 0.1) is 5.54 Å². The maximum atomic E-state index is 11.8. The molecular formula is C9H14N2O3. The number of carboxylic acid groups (broad SMARTS) is 1. The van der Waals surface area contributed by atoms with Crippen LogP contribution in [-0.4, -0.2) is 40.0 Å². The Morgan fingerprint density at radius 1 is 1.43 bits per heavy atom. The van der Waals surface area contributed by atoms with E-state index < -0.39 is 17.6 Å². The number of carbonyl (C=O) groups is 2. The number of hydrogen-bond donors (Lipinski definition) is 2. The Morgan fingerprint density at radius 2 is 2.07 bits per heavy atom. The fourth-order valence-corrected chi connectivity index (χ4v) is 1.90. The Labute approximate surface area is 81.9 Å². The molecule has 1 heterocycles. The molecule has 2 aliphatic rings. The first-order valence-electron chi connectivity index (χ1n) is 4.87. The van der Waals surface area contributed by atoms with Crippen LogP contribution in [0.15, 0.2) is 0 Å². The first-order chi connectivity index (χ1) is 6.54. The molecule has 1 aliphatic carbocycles. The van der Waals surface area contributed by atoms with Crippen molar-refractivity contribution in [1.82, 2.24) is 4.90 Å². The molecule has 1 saturated heterocycles. The quantitative estimate of drug-likeness (QED) is 0.629. The van der Waals surface area contributed by atoms with E-state index in [-0.39, 0.29) is 5.91 Å². The molecule has 0 spiro atoms. The van der Waals surface area contributed by atoms with Crippen molar-refractivity contribution in [1.29, 1.82) is 0 Å². The Bertz CT molecular complexity index is 286. The van der Waals surface area contributed by atoms with Crippen molar-refractivity contribution in [2.24, 2.45) is 5.73 Å². The summed E-state index contributed by atoms with van der Waals surface area (Å²) in [5, 5.41) is 8.88. The van der Waals surface area contributed by atoms with Crippen LogP contribution < -0.4 is 5.73 Å². The lowest BCUT2D eigenvalue weighted by Crippen LogP contribution is -2.49. The molecule has 78 valence electrons. The van der Waals surface area contributed by atoms with Crippen molar-refractivity contribution in [2.75, 3.05) is 6.54 Å². The molecule has 0 aromatic carbocycles. The molecule has 14 heavy (non-hydrogen) atoms. The summed E-state index contributed by atoms with van der Waals surface area (Å²) in [5.41, 5.74) is 5.01. The third-order valence-electron chi connectivity index (χ3n) is 3.01. The minimum atomic E-state index is -0.917. The Morgan fingerprint density at radius 3 is 2.57 bits per heavy atom. The molecule has 0 unspecified atom stereocenters. The van der Waals surface area contributed by atoms with Gasteiger partial charge in [-0.2, -0.15) is 0 Å². The predicted molar refractivity (Wildman–Crippen MR) is 48.5 cm³/mol. The summed E-state index contributed by atoms with van der Waals surface area (Å²) < 4.78 is 0. The van der Waals surface area contributed by atoms with Gasteiger partial charge in [0.15, 0.2) is 0 Å². The molecule has 0 bridgehead atoms. The third kappa shape index (κ3) is 1.37. The summed E-state index contributed by atoms with van der Waals surface area (Å²) in [6.45, 7) is 0.536. The number of amides is 1. The SMILES string of the molecule is NC1(C(=O)N2CCC[C@H]2C(=O)O)CC1. The van der Waals surface area contributed by atoms with Gasteiger partial charge in [0.1, 0.15) is 6.04 Å². The van der Waals surface area contributed by atoms with Gasteiger partial charge >= 0.3 is 5.97 Å². The number of carbonyl (C=O) groups excluding carboxylic acids is 1. The number of nitrogens with two attached hydrogens (primary N) is 1. The summed E-state index contributed by atoms with van der Waals surface area (Å²) in [6, 6.07) is -0.650. The highest BCUT2D eigenvalue weighted by molar-refractivity contribution is 5.92. The van der Waals surface area contributed by atoms with Gasteiger partial charge < -0.3 is 15.7 Å². The zero-order valence-electron chi connectivity index (χ0n) is 7.90. The van der Waals surface area contributed by atoms with Crippen LogP contribution in [0.25, 0.3) is 0 Å². The van der Waals surface area contributed by atoms with Crippen LogP contribution in [0.5, 0.6) is 0 Å². The predicted octanol–water partition coefficient (Wildman–Crippen LogP) is -0.447. The Balaban J connectivity index is 2.09. The van der Waals surface area contributed by atoms with E-state index in [1.54, 1.807) is 0 Å². The molecule has 3 N–H and O–H groups in total. The highest BCUT2D eigenvalue weighted by Gasteiger charge is 2.51. The number of aliphatic carboxylic acids is 1. The number of carboxylic acids is 1. The number of rotatable bonds is 2. The normalized spacial score (nSPS) is 28.9. The van der Waals surface area contributed by atoms with E-state index in [0.29, 0.717) is 25.8 Å². The lowest BCUT2D eigenvalue weighted by atomic mass is 10.2. The molecule has 0 radical (unpaired) electrons. The number of hydrogen-bond acceptors (Lipinski definition) is 3. The van der Waals surface area contributed by atoms with Crippen molar-refractivity contribution in [3.8, 4) is 0 Å². The van der Waals surface area contributed by atoms with Crippen LogP contribution in [0.4, 0.5) is 0 Å². The van der Waals surface area contributed by atoms with E-state index in [1.165, 1.54) is 4.90 Å². The third-order valence-corrected chi connectivity index (χ3v) is 3.01. The average molecular weight is 198 g/mol. The van der Waals surface area contributed by atoms with Gasteiger partial charge in [-0.15, -0.1) is 0 Å². The molecule has 1 amide bonds. The van der Waals surface area contributed by atoms with Crippen LogP contribution in [0, 0.1) is 0 Å². The van der Waals surface area contributed by atoms with Crippen LogP contribution in [0.2, 0.25) is 0 Å².